The van der Waals surface area contributed by atoms with E-state index in [2.05, 4.69) is 31.9 Å². The third-order valence-electron chi connectivity index (χ3n) is 11.5. The molecule has 8 amide bonds. The first-order chi connectivity index (χ1) is 29.6. The highest BCUT2D eigenvalue weighted by Gasteiger charge is 2.37. The van der Waals surface area contributed by atoms with Crippen molar-refractivity contribution in [1.29, 1.82) is 0 Å². The number of amides is 8. The van der Waals surface area contributed by atoms with E-state index in [1.807, 2.05) is 43.3 Å². The second-order valence-electron chi connectivity index (χ2n) is 16.2. The number of carbonyl (C=O) groups excluding carboxylic acids is 7. The number of benzene rings is 2. The van der Waals surface area contributed by atoms with Gasteiger partial charge in [0, 0.05) is 20.0 Å². The number of nitrogens with zero attached hydrogens (tertiary/aromatic N) is 1. The number of unbranched alkanes of at least 4 members (excludes halogenated alkanes) is 1. The van der Waals surface area contributed by atoms with Gasteiger partial charge < -0.3 is 47.6 Å². The van der Waals surface area contributed by atoms with Crippen molar-refractivity contribution >= 4 is 47.4 Å². The molecule has 0 radical (unpaired) electrons. The highest BCUT2D eigenvalue weighted by atomic mass is 16.4. The summed E-state index contributed by atoms with van der Waals surface area (Å²) in [4.78, 5) is 109. The number of nitrogens with two attached hydrogens (primary N) is 1. The molecular weight excluding hydrogens is 797 g/mol. The Bertz CT molecular complexity index is 1810. The van der Waals surface area contributed by atoms with Crippen LogP contribution in [0.1, 0.15) is 96.6 Å². The van der Waals surface area contributed by atoms with Gasteiger partial charge in [-0.2, -0.15) is 0 Å². The zero-order valence-corrected chi connectivity index (χ0v) is 36.6. The van der Waals surface area contributed by atoms with Gasteiger partial charge in [-0.15, -0.1) is 0 Å². The van der Waals surface area contributed by atoms with Crippen LogP contribution >= 0.6 is 0 Å². The van der Waals surface area contributed by atoms with Gasteiger partial charge in [-0.1, -0.05) is 108 Å². The Morgan fingerprint density at radius 3 is 2.03 bits per heavy atom. The SMILES string of the molecule is CC[C@@H](C)[C@H](NC(=O)N[C@@H]1CCCCNC(=O)[C@H](Cc2ccccc2)NC(=O)[C@H](CC(N)=O)N(C)C(=O)[C@H](CCCCc2ccccc2)NC(=O)[C@H]([C@@H](C)CC)NC1=O)C(=O)O. The molecular formula is C45H66N8O9. The van der Waals surface area contributed by atoms with Gasteiger partial charge in [0.15, 0.2) is 0 Å². The first-order valence-corrected chi connectivity index (χ1v) is 21.7. The molecule has 17 nitrogen and oxygen atoms in total. The van der Waals surface area contributed by atoms with E-state index in [0.717, 1.165) is 16.0 Å². The molecule has 0 aromatic heterocycles. The minimum absolute atomic E-state index is 0.0529. The molecule has 1 saturated heterocycles. The van der Waals surface area contributed by atoms with E-state index in [9.17, 15) is 43.5 Å². The molecule has 8 atom stereocenters. The molecule has 0 spiro atoms. The fraction of sp³-hybridized carbons (Fsp3) is 0.556. The predicted molar refractivity (Wildman–Crippen MR) is 233 cm³/mol. The van der Waals surface area contributed by atoms with E-state index in [1.54, 1.807) is 45.0 Å². The normalized spacial score (nSPS) is 22.5. The maximum Gasteiger partial charge on any atom is 0.326 e. The molecule has 0 bridgehead atoms. The Balaban J connectivity index is 2.04. The summed E-state index contributed by atoms with van der Waals surface area (Å²) in [5.74, 6) is -6.39. The summed E-state index contributed by atoms with van der Waals surface area (Å²) in [6.07, 6.45) is 3.05. The topological polar surface area (TPSA) is 258 Å². The van der Waals surface area contributed by atoms with Crippen LogP contribution in [0.4, 0.5) is 4.79 Å². The van der Waals surface area contributed by atoms with E-state index in [1.165, 1.54) is 7.05 Å². The van der Waals surface area contributed by atoms with Crippen LogP contribution in [0, 0.1) is 11.8 Å². The molecule has 0 unspecified atom stereocenters. The first kappa shape index (κ1) is 50.4. The molecule has 1 aliphatic heterocycles. The molecule has 0 saturated carbocycles. The average molecular weight is 863 g/mol. The molecule has 17 heteroatoms. The van der Waals surface area contributed by atoms with Crippen molar-refractivity contribution in [2.75, 3.05) is 13.6 Å². The van der Waals surface area contributed by atoms with E-state index >= 15 is 0 Å². The average Bonchev–Trinajstić information content (AvgIpc) is 3.25. The van der Waals surface area contributed by atoms with E-state index in [4.69, 9.17) is 5.73 Å². The molecule has 340 valence electrons. The van der Waals surface area contributed by atoms with Crippen molar-refractivity contribution in [3.05, 3.63) is 71.8 Å². The van der Waals surface area contributed by atoms with E-state index in [-0.39, 0.29) is 25.8 Å². The van der Waals surface area contributed by atoms with Gasteiger partial charge in [-0.25, -0.2) is 9.59 Å². The fourth-order valence-electron chi connectivity index (χ4n) is 7.22. The van der Waals surface area contributed by atoms with Crippen molar-refractivity contribution in [3.8, 4) is 0 Å². The predicted octanol–water partition coefficient (Wildman–Crippen LogP) is 2.31. The van der Waals surface area contributed by atoms with Crippen LogP contribution in [0.3, 0.4) is 0 Å². The Morgan fingerprint density at radius 1 is 0.806 bits per heavy atom. The maximum atomic E-state index is 14.5. The largest absolute Gasteiger partial charge is 0.480 e. The second-order valence-corrected chi connectivity index (χ2v) is 16.2. The number of rotatable bonds is 16. The standard InChI is InChI=1S/C45H66N8O9/c1-6-28(3)37-42(58)48-33(24-15-14-20-30-18-10-8-11-19-30)43(59)53(5)35(27-36(46)54)41(57)49-34(26-31-21-12-9-13-22-31)39(55)47-25-17-16-23-32(40(56)51-37)50-45(62)52-38(44(60)61)29(4)7-2/h8-13,18-19,21-22,28-29,32-35,37-38H,6-7,14-17,20,23-27H2,1-5H3,(H2,46,54)(H,47,55)(H,48,58)(H,49,57)(H,51,56)(H,60,61)(H2,50,52,62)/t28-,29+,32+,33-,34-,35-,37-,38-/m0/s1. The highest BCUT2D eigenvalue weighted by molar-refractivity contribution is 5.98. The fourth-order valence-corrected chi connectivity index (χ4v) is 7.22. The summed E-state index contributed by atoms with van der Waals surface area (Å²) in [5.41, 5.74) is 7.43. The zero-order chi connectivity index (χ0) is 45.8. The molecule has 62 heavy (non-hydrogen) atoms. The van der Waals surface area contributed by atoms with Crippen LogP contribution in [-0.4, -0.2) is 107 Å². The van der Waals surface area contributed by atoms with Crippen molar-refractivity contribution < 1.29 is 43.5 Å². The van der Waals surface area contributed by atoms with Gasteiger partial charge in [0.25, 0.3) is 0 Å². The molecule has 1 aliphatic rings. The van der Waals surface area contributed by atoms with Crippen LogP contribution in [0.5, 0.6) is 0 Å². The van der Waals surface area contributed by atoms with Crippen LogP contribution < -0.4 is 37.6 Å². The number of hydrogen-bond donors (Lipinski definition) is 8. The number of urea groups is 1. The Hall–Kier alpha value is -6.00. The lowest BCUT2D eigenvalue weighted by atomic mass is 9.96. The third-order valence-corrected chi connectivity index (χ3v) is 11.5. The Morgan fingerprint density at radius 2 is 1.44 bits per heavy atom. The van der Waals surface area contributed by atoms with Gasteiger partial charge >= 0.3 is 12.0 Å². The quantitative estimate of drug-likeness (QED) is 0.115. The Kier molecular flexibility index (Phi) is 20.9. The lowest BCUT2D eigenvalue weighted by molar-refractivity contribution is -0.144. The van der Waals surface area contributed by atoms with Gasteiger partial charge in [-0.3, -0.25) is 28.8 Å². The monoisotopic (exact) mass is 862 g/mol. The summed E-state index contributed by atoms with van der Waals surface area (Å²) in [6, 6.07) is 10.4. The minimum atomic E-state index is -1.44. The lowest BCUT2D eigenvalue weighted by Gasteiger charge is -2.33. The number of carboxylic acid groups (broad SMARTS) is 1. The second kappa shape index (κ2) is 25.7. The number of primary amides is 1. The van der Waals surface area contributed by atoms with E-state index in [0.29, 0.717) is 44.9 Å². The number of carboxylic acids is 1. The number of likely N-dealkylation sites (N-methyl/N-ethyl adjacent to an activating group) is 1. The van der Waals surface area contributed by atoms with Crippen molar-refractivity contribution in [1.82, 2.24) is 36.8 Å². The number of aliphatic carboxylic acids is 1. The van der Waals surface area contributed by atoms with Crippen LogP contribution in [0.25, 0.3) is 0 Å². The van der Waals surface area contributed by atoms with Gasteiger partial charge in [0.2, 0.25) is 35.4 Å². The van der Waals surface area contributed by atoms with Gasteiger partial charge in [-0.05, 0) is 61.5 Å². The van der Waals surface area contributed by atoms with Crippen LogP contribution in [0.2, 0.25) is 0 Å². The van der Waals surface area contributed by atoms with Gasteiger partial charge in [0.1, 0.15) is 36.3 Å². The van der Waals surface area contributed by atoms with Crippen LogP contribution in [0.15, 0.2) is 60.7 Å². The molecule has 3 rings (SSSR count). The number of nitrogens with one attached hydrogen (secondary N) is 6. The Labute approximate surface area is 364 Å². The first-order valence-electron chi connectivity index (χ1n) is 21.7. The van der Waals surface area contributed by atoms with Crippen molar-refractivity contribution in [3.63, 3.8) is 0 Å². The zero-order valence-electron chi connectivity index (χ0n) is 36.6. The third kappa shape index (κ3) is 16.1. The summed E-state index contributed by atoms with van der Waals surface area (Å²) < 4.78 is 0. The number of carbonyl (C=O) groups is 8. The van der Waals surface area contributed by atoms with Crippen LogP contribution in [-0.2, 0) is 46.4 Å². The molecule has 9 N–H and O–H groups in total. The molecule has 0 aliphatic carbocycles. The lowest BCUT2D eigenvalue weighted by Crippen LogP contribution is -2.61. The summed E-state index contributed by atoms with van der Waals surface area (Å²) >= 11 is 0. The van der Waals surface area contributed by atoms with E-state index < -0.39 is 102 Å². The molecule has 1 fully saturated rings. The van der Waals surface area contributed by atoms with Gasteiger partial charge in [0.05, 0.1) is 6.42 Å². The maximum absolute atomic E-state index is 14.5. The van der Waals surface area contributed by atoms with Crippen molar-refractivity contribution in [2.45, 2.75) is 135 Å². The van der Waals surface area contributed by atoms with Crippen molar-refractivity contribution in [2.24, 2.45) is 17.6 Å². The molecule has 2 aromatic rings. The summed E-state index contributed by atoms with van der Waals surface area (Å²) in [6.45, 7) is 7.17. The number of hydrogen-bond acceptors (Lipinski definition) is 8. The summed E-state index contributed by atoms with van der Waals surface area (Å²) in [5, 5.41) is 26.0. The number of aryl methyl sites for hydroxylation is 1. The highest BCUT2D eigenvalue weighted by Crippen LogP contribution is 2.16. The minimum Gasteiger partial charge on any atom is -0.480 e. The molecule has 1 heterocycles. The smallest absolute Gasteiger partial charge is 0.326 e. The molecule has 2 aromatic carbocycles. The summed E-state index contributed by atoms with van der Waals surface area (Å²) in [7, 11) is 1.33.